The minimum absolute atomic E-state index is 0.403. The van der Waals surface area contributed by atoms with Gasteiger partial charge in [-0.3, -0.25) is 4.79 Å². The third kappa shape index (κ3) is 3.39. The van der Waals surface area contributed by atoms with Gasteiger partial charge in [0.25, 0.3) is 0 Å². The van der Waals surface area contributed by atoms with Gasteiger partial charge in [0.2, 0.25) is 5.91 Å². The third-order valence-corrected chi connectivity index (χ3v) is 5.63. The Morgan fingerprint density at radius 3 is 2.62 bits per heavy atom. The van der Waals surface area contributed by atoms with Crippen LogP contribution in [-0.2, 0) is 4.79 Å². The maximum atomic E-state index is 12.1. The second-order valence-electron chi connectivity index (χ2n) is 4.91. The molecule has 16 heavy (non-hydrogen) atoms. The average molecular weight is 306 g/mol. The first-order valence-electron chi connectivity index (χ1n) is 6.21. The van der Waals surface area contributed by atoms with E-state index in [1.54, 1.807) is 0 Å². The summed E-state index contributed by atoms with van der Waals surface area (Å²) >= 11 is 5.54. The van der Waals surface area contributed by atoms with Crippen molar-refractivity contribution in [2.45, 2.75) is 25.7 Å². The molecule has 2 nitrogen and oxygen atoms in total. The Morgan fingerprint density at radius 2 is 2.00 bits per heavy atom. The van der Waals surface area contributed by atoms with Crippen LogP contribution < -0.4 is 0 Å². The van der Waals surface area contributed by atoms with Crippen LogP contribution in [0.1, 0.15) is 25.7 Å². The molecule has 2 rings (SSSR count). The molecule has 4 heteroatoms. The molecule has 1 atom stereocenters. The van der Waals surface area contributed by atoms with Crippen LogP contribution in [0.3, 0.4) is 0 Å². The number of hydrogen-bond acceptors (Lipinski definition) is 2. The number of alkyl halides is 1. The van der Waals surface area contributed by atoms with E-state index in [-0.39, 0.29) is 0 Å². The van der Waals surface area contributed by atoms with Gasteiger partial charge in [-0.15, -0.1) is 0 Å². The summed E-state index contributed by atoms with van der Waals surface area (Å²) < 4.78 is 0. The number of thioether (sulfide) groups is 1. The summed E-state index contributed by atoms with van der Waals surface area (Å²) in [7, 11) is 0. The van der Waals surface area contributed by atoms with Gasteiger partial charge in [-0.25, -0.2) is 0 Å². The number of carbonyl (C=O) groups is 1. The zero-order chi connectivity index (χ0) is 11.4. The van der Waals surface area contributed by atoms with Crippen molar-refractivity contribution in [3.05, 3.63) is 0 Å². The predicted molar refractivity (Wildman–Crippen MR) is 73.1 cm³/mol. The first kappa shape index (κ1) is 12.7. The molecule has 1 amide bonds. The number of likely N-dealkylation sites (tertiary alicyclic amines) is 1. The summed E-state index contributed by atoms with van der Waals surface area (Å²) in [6.07, 6.45) is 4.46. The van der Waals surface area contributed by atoms with Crippen LogP contribution >= 0.6 is 27.7 Å². The van der Waals surface area contributed by atoms with Gasteiger partial charge in [0.15, 0.2) is 0 Å². The first-order valence-corrected chi connectivity index (χ1v) is 8.48. The summed E-state index contributed by atoms with van der Waals surface area (Å²) in [5, 5.41) is 1.04. The molecule has 0 spiro atoms. The van der Waals surface area contributed by atoms with Crippen molar-refractivity contribution in [2.24, 2.45) is 11.8 Å². The molecule has 2 saturated heterocycles. The van der Waals surface area contributed by atoms with E-state index in [9.17, 15) is 4.79 Å². The average Bonchev–Trinajstić information content (AvgIpc) is 2.79. The topological polar surface area (TPSA) is 20.3 Å². The summed E-state index contributed by atoms with van der Waals surface area (Å²) in [5.74, 6) is 4.26. The number of halogens is 1. The molecule has 0 bridgehead atoms. The van der Waals surface area contributed by atoms with E-state index >= 15 is 0 Å². The number of nitrogens with zero attached hydrogens (tertiary/aromatic N) is 1. The molecule has 0 radical (unpaired) electrons. The lowest BCUT2D eigenvalue weighted by Crippen LogP contribution is -2.31. The number of amides is 1. The van der Waals surface area contributed by atoms with Crippen molar-refractivity contribution >= 4 is 33.6 Å². The third-order valence-electron chi connectivity index (χ3n) is 3.66. The molecular formula is C12H20BrNOS. The number of rotatable bonds is 3. The summed E-state index contributed by atoms with van der Waals surface area (Å²) in [5.41, 5.74) is 0. The molecular weight excluding hydrogens is 286 g/mol. The Labute approximate surface area is 111 Å². The smallest absolute Gasteiger partial charge is 0.222 e. The van der Waals surface area contributed by atoms with Gasteiger partial charge in [-0.2, -0.15) is 11.8 Å². The van der Waals surface area contributed by atoms with Gasteiger partial charge in [-0.05, 0) is 42.6 Å². The summed E-state index contributed by atoms with van der Waals surface area (Å²) in [6, 6.07) is 0. The van der Waals surface area contributed by atoms with E-state index in [0.717, 1.165) is 24.8 Å². The Bertz CT molecular complexity index is 243. The van der Waals surface area contributed by atoms with E-state index in [2.05, 4.69) is 20.8 Å². The van der Waals surface area contributed by atoms with Crippen molar-refractivity contribution in [3.8, 4) is 0 Å². The molecule has 2 heterocycles. The molecule has 1 unspecified atom stereocenters. The number of carbonyl (C=O) groups excluding carboxylic acids is 1. The molecule has 0 aromatic rings. The maximum absolute atomic E-state index is 12.1. The highest BCUT2D eigenvalue weighted by Gasteiger charge is 2.27. The van der Waals surface area contributed by atoms with E-state index < -0.39 is 0 Å². The highest BCUT2D eigenvalue weighted by atomic mass is 79.9. The van der Waals surface area contributed by atoms with Gasteiger partial charge in [0.1, 0.15) is 0 Å². The second kappa shape index (κ2) is 6.29. The van der Waals surface area contributed by atoms with Gasteiger partial charge >= 0.3 is 0 Å². The SMILES string of the molecule is O=C(CC1CCSCC1)N1CCC(CBr)C1. The van der Waals surface area contributed by atoms with Gasteiger partial charge < -0.3 is 4.90 Å². The second-order valence-corrected chi connectivity index (χ2v) is 6.78. The van der Waals surface area contributed by atoms with Gasteiger partial charge in [0, 0.05) is 24.8 Å². The molecule has 0 aromatic heterocycles. The summed E-state index contributed by atoms with van der Waals surface area (Å²) in [4.78, 5) is 14.2. The van der Waals surface area contributed by atoms with E-state index in [1.807, 2.05) is 11.8 Å². The van der Waals surface area contributed by atoms with Crippen molar-refractivity contribution in [1.29, 1.82) is 0 Å². The van der Waals surface area contributed by atoms with E-state index in [0.29, 0.717) is 17.7 Å². The fourth-order valence-electron chi connectivity index (χ4n) is 2.51. The van der Waals surface area contributed by atoms with Crippen molar-refractivity contribution in [1.82, 2.24) is 4.90 Å². The molecule has 0 saturated carbocycles. The largest absolute Gasteiger partial charge is 0.342 e. The minimum Gasteiger partial charge on any atom is -0.342 e. The number of hydrogen-bond donors (Lipinski definition) is 0. The lowest BCUT2D eigenvalue weighted by Gasteiger charge is -2.23. The Balaban J connectivity index is 1.75. The van der Waals surface area contributed by atoms with Gasteiger partial charge in [-0.1, -0.05) is 15.9 Å². The van der Waals surface area contributed by atoms with Crippen LogP contribution in [0.15, 0.2) is 0 Å². The quantitative estimate of drug-likeness (QED) is 0.747. The molecule has 0 aliphatic carbocycles. The first-order chi connectivity index (χ1) is 7.79. The Morgan fingerprint density at radius 1 is 1.25 bits per heavy atom. The van der Waals surface area contributed by atoms with Crippen molar-refractivity contribution in [3.63, 3.8) is 0 Å². The van der Waals surface area contributed by atoms with Crippen LogP contribution in [0.2, 0.25) is 0 Å². The molecule has 0 N–H and O–H groups in total. The van der Waals surface area contributed by atoms with E-state index in [1.165, 1.54) is 30.8 Å². The summed E-state index contributed by atoms with van der Waals surface area (Å²) in [6.45, 7) is 1.96. The highest BCUT2D eigenvalue weighted by Crippen LogP contribution is 2.27. The Kier molecular flexibility index (Phi) is 5.01. The molecule has 2 aliphatic rings. The minimum atomic E-state index is 0.403. The fraction of sp³-hybridized carbons (Fsp3) is 0.917. The fourth-order valence-corrected chi connectivity index (χ4v) is 4.24. The van der Waals surface area contributed by atoms with E-state index in [4.69, 9.17) is 0 Å². The molecule has 92 valence electrons. The van der Waals surface area contributed by atoms with Crippen molar-refractivity contribution in [2.75, 3.05) is 29.9 Å². The van der Waals surface area contributed by atoms with Crippen molar-refractivity contribution < 1.29 is 4.79 Å². The molecule has 2 fully saturated rings. The van der Waals surface area contributed by atoms with Crippen LogP contribution in [0, 0.1) is 11.8 Å². The highest BCUT2D eigenvalue weighted by molar-refractivity contribution is 9.09. The normalized spacial score (nSPS) is 27.3. The zero-order valence-corrected chi connectivity index (χ0v) is 12.1. The van der Waals surface area contributed by atoms with Crippen LogP contribution in [0.4, 0.5) is 0 Å². The predicted octanol–water partition coefficient (Wildman–Crippen LogP) is 2.76. The van der Waals surface area contributed by atoms with Crippen LogP contribution in [0.25, 0.3) is 0 Å². The van der Waals surface area contributed by atoms with Crippen LogP contribution in [0.5, 0.6) is 0 Å². The Hall–Kier alpha value is 0.300. The van der Waals surface area contributed by atoms with Gasteiger partial charge in [0.05, 0.1) is 0 Å². The van der Waals surface area contributed by atoms with Crippen LogP contribution in [-0.4, -0.2) is 40.7 Å². The standard InChI is InChI=1S/C12H20BrNOS/c13-8-11-1-4-14(9-11)12(15)7-10-2-5-16-6-3-10/h10-11H,1-9H2. The maximum Gasteiger partial charge on any atom is 0.222 e. The lowest BCUT2D eigenvalue weighted by atomic mass is 9.98. The lowest BCUT2D eigenvalue weighted by molar-refractivity contribution is -0.131. The zero-order valence-electron chi connectivity index (χ0n) is 9.66. The molecule has 2 aliphatic heterocycles. The monoisotopic (exact) mass is 305 g/mol. The molecule has 0 aromatic carbocycles.